The number of imide groups is 1. The fourth-order valence-corrected chi connectivity index (χ4v) is 8.65. The van der Waals surface area contributed by atoms with E-state index < -0.39 is 0 Å². The average Bonchev–Trinajstić information content (AvgIpc) is 3.76. The molecule has 2 aliphatic rings. The van der Waals surface area contributed by atoms with Crippen molar-refractivity contribution in [1.82, 2.24) is 25.2 Å². The lowest BCUT2D eigenvalue weighted by molar-refractivity contribution is -0.134. The molecule has 16 nitrogen and oxygen atoms in total. The maximum atomic E-state index is 12.9. The number of halogens is 1. The van der Waals surface area contributed by atoms with Crippen LogP contribution in [0.15, 0.2) is 54.7 Å². The Hall–Kier alpha value is -5.04. The van der Waals surface area contributed by atoms with E-state index in [-0.39, 0.29) is 29.5 Å². The summed E-state index contributed by atoms with van der Waals surface area (Å²) >= 11 is 7.55. The van der Waals surface area contributed by atoms with Crippen LogP contribution in [0.5, 0.6) is 0 Å². The third-order valence-electron chi connectivity index (χ3n) is 11.2. The SMILES string of the molecule is Cc1nc(Nc2ncc(C(=O)Nc3c(C)cccc3Cl)s2)cc(N2CCN(CCCCCCOCCOCCOCCCCCC(=O)Nc3cccc(C4CCC(=O)NC4=O)c3)CC2)n1. The van der Waals surface area contributed by atoms with E-state index in [0.29, 0.717) is 90.3 Å². The molecule has 2 saturated heterocycles. The topological polar surface area (TPSA) is 189 Å². The molecule has 350 valence electrons. The van der Waals surface area contributed by atoms with Gasteiger partial charge in [0.2, 0.25) is 17.7 Å². The molecule has 0 bridgehead atoms. The molecule has 4 heterocycles. The molecule has 2 aromatic heterocycles. The van der Waals surface area contributed by atoms with Crippen molar-refractivity contribution >= 4 is 74.7 Å². The summed E-state index contributed by atoms with van der Waals surface area (Å²) in [4.78, 5) is 68.0. The number of carbonyl (C=O) groups is 4. The molecule has 0 aliphatic carbocycles. The first kappa shape index (κ1) is 49.4. The van der Waals surface area contributed by atoms with Crippen LogP contribution in [0.1, 0.15) is 96.7 Å². The van der Waals surface area contributed by atoms with E-state index >= 15 is 0 Å². The Balaban J connectivity index is 0.721. The van der Waals surface area contributed by atoms with E-state index in [2.05, 4.69) is 41.0 Å². The Morgan fingerprint density at radius 1 is 0.831 bits per heavy atom. The summed E-state index contributed by atoms with van der Waals surface area (Å²) in [6.45, 7) is 12.1. The quantitative estimate of drug-likeness (QED) is 0.0355. The smallest absolute Gasteiger partial charge is 0.267 e. The van der Waals surface area contributed by atoms with E-state index in [1.54, 1.807) is 18.3 Å². The van der Waals surface area contributed by atoms with Crippen LogP contribution < -0.4 is 26.2 Å². The number of para-hydroxylation sites is 1. The molecule has 2 aromatic carbocycles. The van der Waals surface area contributed by atoms with E-state index in [1.807, 2.05) is 50.2 Å². The second-order valence-corrected chi connectivity index (χ2v) is 17.7. The van der Waals surface area contributed by atoms with Crippen molar-refractivity contribution in [3.63, 3.8) is 0 Å². The van der Waals surface area contributed by atoms with Crippen LogP contribution in [0.25, 0.3) is 0 Å². The van der Waals surface area contributed by atoms with Gasteiger partial charge in [0.25, 0.3) is 5.91 Å². The van der Waals surface area contributed by atoms with Crippen molar-refractivity contribution in [2.24, 2.45) is 0 Å². The summed E-state index contributed by atoms with van der Waals surface area (Å²) in [7, 11) is 0. The molecule has 1 atom stereocenters. The average molecular weight is 933 g/mol. The highest BCUT2D eigenvalue weighted by Crippen LogP contribution is 2.29. The Bertz CT molecular complexity index is 2160. The number of hydrogen-bond donors (Lipinski definition) is 4. The van der Waals surface area contributed by atoms with E-state index in [4.69, 9.17) is 30.8 Å². The van der Waals surface area contributed by atoms with E-state index in [9.17, 15) is 19.2 Å². The zero-order valence-electron chi connectivity index (χ0n) is 37.5. The van der Waals surface area contributed by atoms with Crippen LogP contribution in [0.2, 0.25) is 5.02 Å². The summed E-state index contributed by atoms with van der Waals surface area (Å²) in [5.74, 6) is 0.932. The molecular weight excluding hydrogens is 870 g/mol. The number of nitrogens with one attached hydrogen (secondary N) is 4. The van der Waals surface area contributed by atoms with Gasteiger partial charge in [0.05, 0.1) is 49.3 Å². The van der Waals surface area contributed by atoms with Crippen molar-refractivity contribution in [1.29, 1.82) is 0 Å². The number of ether oxygens (including phenoxy) is 3. The van der Waals surface area contributed by atoms with Gasteiger partial charge in [0, 0.05) is 64.0 Å². The van der Waals surface area contributed by atoms with Crippen molar-refractivity contribution in [2.45, 2.75) is 84.0 Å². The van der Waals surface area contributed by atoms with Crippen LogP contribution in [-0.2, 0) is 28.6 Å². The Labute approximate surface area is 390 Å². The lowest BCUT2D eigenvalue weighted by Crippen LogP contribution is -2.47. The first-order valence-electron chi connectivity index (χ1n) is 22.7. The molecule has 2 fully saturated rings. The second-order valence-electron chi connectivity index (χ2n) is 16.3. The van der Waals surface area contributed by atoms with E-state index in [1.165, 1.54) is 17.8 Å². The van der Waals surface area contributed by atoms with Gasteiger partial charge in [-0.2, -0.15) is 0 Å². The molecule has 1 unspecified atom stereocenters. The van der Waals surface area contributed by atoms with Gasteiger partial charge in [-0.05, 0) is 81.8 Å². The third kappa shape index (κ3) is 16.4. The number of thiazole rings is 1. The predicted molar refractivity (Wildman–Crippen MR) is 255 cm³/mol. The van der Waals surface area contributed by atoms with Crippen LogP contribution in [0.4, 0.5) is 28.1 Å². The van der Waals surface area contributed by atoms with Crippen molar-refractivity contribution in [3.8, 4) is 0 Å². The molecule has 18 heteroatoms. The number of carbonyl (C=O) groups excluding carboxylic acids is 4. The summed E-state index contributed by atoms with van der Waals surface area (Å²) in [5, 5.41) is 12.5. The third-order valence-corrected chi connectivity index (χ3v) is 12.4. The number of hydrogen-bond acceptors (Lipinski definition) is 14. The minimum absolute atomic E-state index is 0.0647. The maximum Gasteiger partial charge on any atom is 0.267 e. The van der Waals surface area contributed by atoms with Gasteiger partial charge in [0.1, 0.15) is 22.3 Å². The number of aromatic nitrogens is 3. The van der Waals surface area contributed by atoms with Gasteiger partial charge in [-0.1, -0.05) is 66.5 Å². The molecule has 4 aromatic rings. The Morgan fingerprint density at radius 3 is 2.28 bits per heavy atom. The number of benzene rings is 2. The van der Waals surface area contributed by atoms with Crippen molar-refractivity contribution in [2.75, 3.05) is 93.2 Å². The maximum absolute atomic E-state index is 12.9. The monoisotopic (exact) mass is 931 g/mol. The highest BCUT2D eigenvalue weighted by atomic mass is 35.5. The molecule has 0 saturated carbocycles. The molecule has 65 heavy (non-hydrogen) atoms. The number of nitrogens with zero attached hydrogens (tertiary/aromatic N) is 5. The van der Waals surface area contributed by atoms with Crippen molar-refractivity contribution < 1.29 is 33.4 Å². The van der Waals surface area contributed by atoms with Gasteiger partial charge < -0.3 is 35.1 Å². The standard InChI is InChI=1S/C47H62ClN9O7S/c1-33-12-10-15-38(48)44(33)55-46(61)39-32-49-47(65-39)53-40-31-41(51-34(2)50-40)57-22-20-56(21-23-57)19-7-3-4-8-24-62-26-28-64-29-27-63-25-9-5-6-16-42(58)52-36-14-11-13-35(30-36)37-17-18-43(59)54-45(37)60/h10-15,30-32,37H,3-9,16-29H2,1-2H3,(H,52,58)(H,55,61)(H,54,59,60)(H,49,50,51,53). The van der Waals surface area contributed by atoms with Gasteiger partial charge in [0.15, 0.2) is 5.13 Å². The molecule has 6 rings (SSSR count). The lowest BCUT2D eigenvalue weighted by atomic mass is 9.90. The molecule has 4 amide bonds. The number of aryl methyl sites for hydroxylation is 2. The normalized spacial score (nSPS) is 15.5. The summed E-state index contributed by atoms with van der Waals surface area (Å²) in [5.41, 5.74) is 2.93. The first-order chi connectivity index (χ1) is 31.6. The number of amides is 4. The molecule has 4 N–H and O–H groups in total. The fourth-order valence-electron chi connectivity index (χ4n) is 7.66. The largest absolute Gasteiger partial charge is 0.379 e. The number of piperazine rings is 1. The first-order valence-corrected chi connectivity index (χ1v) is 23.9. The molecule has 0 radical (unpaired) electrons. The molecule has 2 aliphatic heterocycles. The number of anilines is 5. The fraction of sp³-hybridized carbons (Fsp3) is 0.511. The minimum Gasteiger partial charge on any atom is -0.379 e. The van der Waals surface area contributed by atoms with Crippen molar-refractivity contribution in [3.05, 3.63) is 81.6 Å². The van der Waals surface area contributed by atoms with Crippen LogP contribution in [0, 0.1) is 13.8 Å². The Morgan fingerprint density at radius 2 is 1.54 bits per heavy atom. The number of unbranched alkanes of at least 4 members (excludes halogenated alkanes) is 5. The summed E-state index contributed by atoms with van der Waals surface area (Å²) in [6, 6.07) is 14.7. The summed E-state index contributed by atoms with van der Waals surface area (Å²) in [6.07, 6.45) is 9.78. The molecule has 0 spiro atoms. The number of rotatable bonds is 26. The van der Waals surface area contributed by atoms with Crippen LogP contribution >= 0.6 is 22.9 Å². The Kier molecular flexibility index (Phi) is 19.9. The van der Waals surface area contributed by atoms with Gasteiger partial charge in [-0.15, -0.1) is 0 Å². The van der Waals surface area contributed by atoms with Crippen LogP contribution in [0.3, 0.4) is 0 Å². The molecular formula is C47H62ClN9O7S. The zero-order chi connectivity index (χ0) is 45.8. The van der Waals surface area contributed by atoms with Gasteiger partial charge >= 0.3 is 0 Å². The summed E-state index contributed by atoms with van der Waals surface area (Å²) < 4.78 is 17.1. The van der Waals surface area contributed by atoms with Gasteiger partial charge in [-0.3, -0.25) is 29.4 Å². The minimum atomic E-state index is -0.379. The van der Waals surface area contributed by atoms with E-state index in [0.717, 1.165) is 94.8 Å². The highest BCUT2D eigenvalue weighted by Gasteiger charge is 2.28. The van der Waals surface area contributed by atoms with Crippen LogP contribution in [-0.4, -0.2) is 116 Å². The zero-order valence-corrected chi connectivity index (χ0v) is 39.1. The predicted octanol–water partition coefficient (Wildman–Crippen LogP) is 7.65. The number of piperidine rings is 1. The highest BCUT2D eigenvalue weighted by molar-refractivity contribution is 7.17. The second kappa shape index (κ2) is 26.2. The van der Waals surface area contributed by atoms with Gasteiger partial charge in [-0.25, -0.2) is 15.0 Å². The lowest BCUT2D eigenvalue weighted by Gasteiger charge is -2.35.